The van der Waals surface area contributed by atoms with Crippen LogP contribution >= 0.6 is 0 Å². The average molecular weight is 248 g/mol. The molecule has 18 heavy (non-hydrogen) atoms. The second-order valence-electron chi connectivity index (χ2n) is 4.60. The highest BCUT2D eigenvalue weighted by Crippen LogP contribution is 2.36. The van der Waals surface area contributed by atoms with Crippen molar-refractivity contribution in [3.63, 3.8) is 0 Å². The third-order valence-electron chi connectivity index (χ3n) is 3.04. The Balaban J connectivity index is 2.40. The van der Waals surface area contributed by atoms with Crippen molar-refractivity contribution in [2.75, 3.05) is 6.61 Å². The van der Waals surface area contributed by atoms with Gasteiger partial charge >= 0.3 is 5.97 Å². The van der Waals surface area contributed by atoms with Gasteiger partial charge in [-0.1, -0.05) is 12.1 Å². The van der Waals surface area contributed by atoms with E-state index in [0.29, 0.717) is 11.3 Å². The first kappa shape index (κ1) is 12.6. The molecule has 0 saturated carbocycles. The summed E-state index contributed by atoms with van der Waals surface area (Å²) in [5, 5.41) is 0. The SMILES string of the molecule is CCOC(=O)C1(C)CC(=O)c2cccc(C)c2O1. The van der Waals surface area contributed by atoms with E-state index in [4.69, 9.17) is 9.47 Å². The lowest BCUT2D eigenvalue weighted by atomic mass is 9.90. The fraction of sp³-hybridized carbons (Fsp3) is 0.429. The first-order valence-corrected chi connectivity index (χ1v) is 5.97. The number of fused-ring (bicyclic) bond motifs is 1. The first-order valence-electron chi connectivity index (χ1n) is 5.97. The van der Waals surface area contributed by atoms with E-state index in [2.05, 4.69) is 0 Å². The lowest BCUT2D eigenvalue weighted by molar-refractivity contribution is -0.160. The van der Waals surface area contributed by atoms with Crippen LogP contribution < -0.4 is 4.74 Å². The van der Waals surface area contributed by atoms with E-state index in [9.17, 15) is 9.59 Å². The summed E-state index contributed by atoms with van der Waals surface area (Å²) in [4.78, 5) is 24.0. The molecule has 1 atom stereocenters. The van der Waals surface area contributed by atoms with Crippen LogP contribution in [0.5, 0.6) is 5.75 Å². The van der Waals surface area contributed by atoms with Gasteiger partial charge in [0.05, 0.1) is 18.6 Å². The lowest BCUT2D eigenvalue weighted by Crippen LogP contribution is -2.47. The monoisotopic (exact) mass is 248 g/mol. The molecule has 96 valence electrons. The Bertz CT molecular complexity index is 507. The van der Waals surface area contributed by atoms with Gasteiger partial charge in [-0.25, -0.2) is 4.79 Å². The fourth-order valence-corrected chi connectivity index (χ4v) is 2.07. The molecule has 1 unspecified atom stereocenters. The number of carbonyl (C=O) groups excluding carboxylic acids is 2. The highest BCUT2D eigenvalue weighted by atomic mass is 16.6. The maximum Gasteiger partial charge on any atom is 0.350 e. The van der Waals surface area contributed by atoms with Gasteiger partial charge in [0, 0.05) is 0 Å². The maximum absolute atomic E-state index is 12.1. The molecule has 0 spiro atoms. The van der Waals surface area contributed by atoms with Crippen LogP contribution in [0.25, 0.3) is 0 Å². The van der Waals surface area contributed by atoms with Gasteiger partial charge < -0.3 is 9.47 Å². The molecule has 1 aliphatic heterocycles. The molecule has 0 bridgehead atoms. The fourth-order valence-electron chi connectivity index (χ4n) is 2.07. The summed E-state index contributed by atoms with van der Waals surface area (Å²) in [6.45, 7) is 5.44. The minimum Gasteiger partial charge on any atom is -0.474 e. The van der Waals surface area contributed by atoms with E-state index in [1.165, 1.54) is 0 Å². The van der Waals surface area contributed by atoms with E-state index in [1.807, 2.05) is 19.1 Å². The van der Waals surface area contributed by atoms with Crippen LogP contribution in [-0.4, -0.2) is 24.0 Å². The number of rotatable bonds is 2. The van der Waals surface area contributed by atoms with Gasteiger partial charge in [-0.15, -0.1) is 0 Å². The molecule has 1 aliphatic rings. The first-order chi connectivity index (χ1) is 8.48. The molecule has 0 fully saturated rings. The summed E-state index contributed by atoms with van der Waals surface area (Å²) < 4.78 is 10.7. The van der Waals surface area contributed by atoms with Gasteiger partial charge in [0.2, 0.25) is 5.60 Å². The minimum atomic E-state index is -1.22. The van der Waals surface area contributed by atoms with Crippen molar-refractivity contribution in [1.29, 1.82) is 0 Å². The van der Waals surface area contributed by atoms with Crippen LogP contribution in [0.1, 0.15) is 36.2 Å². The molecule has 0 N–H and O–H groups in total. The number of ketones is 1. The Labute approximate surface area is 106 Å². The van der Waals surface area contributed by atoms with E-state index in [1.54, 1.807) is 19.9 Å². The molecule has 0 aliphatic carbocycles. The molecular weight excluding hydrogens is 232 g/mol. The van der Waals surface area contributed by atoms with Gasteiger partial charge in [-0.3, -0.25) is 4.79 Å². The summed E-state index contributed by atoms with van der Waals surface area (Å²) in [6.07, 6.45) is 0.0162. The van der Waals surface area contributed by atoms with Crippen LogP contribution in [0.3, 0.4) is 0 Å². The third kappa shape index (κ3) is 1.98. The number of aryl methyl sites for hydroxylation is 1. The Morgan fingerprint density at radius 1 is 1.50 bits per heavy atom. The van der Waals surface area contributed by atoms with Crippen LogP contribution in [-0.2, 0) is 9.53 Å². The molecule has 1 heterocycles. The molecule has 0 saturated heterocycles. The molecular formula is C14H16O4. The van der Waals surface area contributed by atoms with Crippen LogP contribution in [0.15, 0.2) is 18.2 Å². The van der Waals surface area contributed by atoms with Crippen LogP contribution in [0.2, 0.25) is 0 Å². The van der Waals surface area contributed by atoms with Crippen LogP contribution in [0, 0.1) is 6.92 Å². The Hall–Kier alpha value is -1.84. The van der Waals surface area contributed by atoms with E-state index in [0.717, 1.165) is 5.56 Å². The van der Waals surface area contributed by atoms with Gasteiger partial charge in [0.1, 0.15) is 5.75 Å². The number of para-hydroxylation sites is 1. The van der Waals surface area contributed by atoms with Crippen molar-refractivity contribution in [3.05, 3.63) is 29.3 Å². The predicted octanol–water partition coefficient (Wildman–Crippen LogP) is 2.28. The number of hydrogen-bond donors (Lipinski definition) is 0. The summed E-state index contributed by atoms with van der Waals surface area (Å²) >= 11 is 0. The van der Waals surface area contributed by atoms with E-state index in [-0.39, 0.29) is 18.8 Å². The summed E-state index contributed by atoms with van der Waals surface area (Å²) in [5.41, 5.74) is 0.166. The van der Waals surface area contributed by atoms with Gasteiger partial charge in [-0.2, -0.15) is 0 Å². The summed E-state index contributed by atoms with van der Waals surface area (Å²) in [7, 11) is 0. The van der Waals surface area contributed by atoms with Crippen molar-refractivity contribution in [1.82, 2.24) is 0 Å². The summed E-state index contributed by atoms with van der Waals surface area (Å²) in [5.74, 6) is -0.0907. The van der Waals surface area contributed by atoms with Gasteiger partial charge in [0.15, 0.2) is 5.78 Å². The predicted molar refractivity (Wildman–Crippen MR) is 65.8 cm³/mol. The molecule has 0 radical (unpaired) electrons. The van der Waals surface area contributed by atoms with Crippen molar-refractivity contribution in [2.45, 2.75) is 32.8 Å². The molecule has 0 aromatic heterocycles. The van der Waals surface area contributed by atoms with E-state index >= 15 is 0 Å². The second kappa shape index (κ2) is 4.44. The van der Waals surface area contributed by atoms with E-state index < -0.39 is 11.6 Å². The highest BCUT2D eigenvalue weighted by Gasteiger charge is 2.44. The number of Topliss-reactive ketones (excluding diaryl/α,β-unsaturated/α-hetero) is 1. The minimum absolute atomic E-state index is 0.0162. The molecule has 0 amide bonds. The van der Waals surface area contributed by atoms with Crippen molar-refractivity contribution in [2.24, 2.45) is 0 Å². The smallest absolute Gasteiger partial charge is 0.350 e. The molecule has 2 rings (SSSR count). The normalized spacial score (nSPS) is 22.1. The Morgan fingerprint density at radius 3 is 2.89 bits per heavy atom. The molecule has 1 aromatic rings. The summed E-state index contributed by atoms with van der Waals surface area (Å²) in [6, 6.07) is 5.38. The third-order valence-corrected chi connectivity index (χ3v) is 3.04. The number of hydrogen-bond acceptors (Lipinski definition) is 4. The van der Waals surface area contributed by atoms with Crippen LogP contribution in [0.4, 0.5) is 0 Å². The zero-order valence-electron chi connectivity index (χ0n) is 10.8. The molecule has 4 nitrogen and oxygen atoms in total. The largest absolute Gasteiger partial charge is 0.474 e. The number of carbonyl (C=O) groups is 2. The molecule has 4 heteroatoms. The number of esters is 1. The topological polar surface area (TPSA) is 52.6 Å². The van der Waals surface area contributed by atoms with Crippen molar-refractivity contribution in [3.8, 4) is 5.75 Å². The quantitative estimate of drug-likeness (QED) is 0.753. The molecule has 1 aromatic carbocycles. The van der Waals surface area contributed by atoms with Gasteiger partial charge in [0.25, 0.3) is 0 Å². The number of benzene rings is 1. The van der Waals surface area contributed by atoms with Crippen molar-refractivity contribution < 1.29 is 19.1 Å². The average Bonchev–Trinajstić information content (AvgIpc) is 2.31. The Kier molecular flexibility index (Phi) is 3.11. The lowest BCUT2D eigenvalue weighted by Gasteiger charge is -2.33. The van der Waals surface area contributed by atoms with Crippen molar-refractivity contribution >= 4 is 11.8 Å². The zero-order valence-corrected chi connectivity index (χ0v) is 10.8. The van der Waals surface area contributed by atoms with Gasteiger partial charge in [-0.05, 0) is 32.4 Å². The Morgan fingerprint density at radius 2 is 2.22 bits per heavy atom. The highest BCUT2D eigenvalue weighted by molar-refractivity contribution is 6.04. The maximum atomic E-state index is 12.1. The number of ether oxygens (including phenoxy) is 2. The zero-order chi connectivity index (χ0) is 13.3. The standard InChI is InChI=1S/C14H16O4/c1-4-17-13(16)14(3)8-11(15)10-7-5-6-9(2)12(10)18-14/h5-7H,4,8H2,1-3H3. The second-order valence-corrected chi connectivity index (χ2v) is 4.60.